The van der Waals surface area contributed by atoms with Crippen molar-refractivity contribution in [3.63, 3.8) is 0 Å². The van der Waals surface area contributed by atoms with Crippen molar-refractivity contribution in [2.75, 3.05) is 26.2 Å². The van der Waals surface area contributed by atoms with E-state index in [9.17, 15) is 0 Å². The van der Waals surface area contributed by atoms with Crippen LogP contribution in [0.25, 0.3) is 11.5 Å². The second-order valence-electron chi connectivity index (χ2n) is 8.21. The molecule has 1 aliphatic heterocycles. The molecule has 1 aliphatic rings. The fourth-order valence-corrected chi connectivity index (χ4v) is 4.58. The Morgan fingerprint density at radius 3 is 1.81 bits per heavy atom. The van der Waals surface area contributed by atoms with Crippen LogP contribution in [0.4, 0.5) is 0 Å². The lowest BCUT2D eigenvalue weighted by Gasteiger charge is -2.34. The van der Waals surface area contributed by atoms with Gasteiger partial charge in [-0.3, -0.25) is 0 Å². The van der Waals surface area contributed by atoms with Crippen molar-refractivity contribution in [1.29, 1.82) is 0 Å². The van der Waals surface area contributed by atoms with Gasteiger partial charge in [0, 0.05) is 16.7 Å². The molecule has 2 heterocycles. The van der Waals surface area contributed by atoms with Gasteiger partial charge in [-0.15, -0.1) is 10.2 Å². The summed E-state index contributed by atoms with van der Waals surface area (Å²) in [5.74, 6) is 1.33. The summed E-state index contributed by atoms with van der Waals surface area (Å²) in [6.07, 6.45) is 0. The van der Waals surface area contributed by atoms with Crippen molar-refractivity contribution in [2.24, 2.45) is 0 Å². The first-order valence-corrected chi connectivity index (χ1v) is 11.0. The van der Waals surface area contributed by atoms with E-state index in [1.54, 1.807) is 4.90 Å². The third kappa shape index (κ3) is 4.58. The highest BCUT2D eigenvalue weighted by atomic mass is 16.4. The zero-order chi connectivity index (χ0) is 20.9. The summed E-state index contributed by atoms with van der Waals surface area (Å²) in [6.45, 7) is 5.20. The molecule has 0 spiro atoms. The summed E-state index contributed by atoms with van der Waals surface area (Å²) in [5, 5.41) is 8.53. The number of quaternary nitrogens is 2. The maximum absolute atomic E-state index is 5.94. The molecule has 1 saturated heterocycles. The van der Waals surface area contributed by atoms with Crippen molar-refractivity contribution < 1.29 is 14.2 Å². The number of hydrogen-bond donors (Lipinski definition) is 2. The van der Waals surface area contributed by atoms with Gasteiger partial charge >= 0.3 is 0 Å². The number of hydrogen-bond acceptors (Lipinski definition) is 3. The summed E-state index contributed by atoms with van der Waals surface area (Å²) in [5.41, 5.74) is 3.74. The van der Waals surface area contributed by atoms with Crippen molar-refractivity contribution in [1.82, 2.24) is 10.2 Å². The van der Waals surface area contributed by atoms with Gasteiger partial charge in [-0.05, 0) is 12.1 Å². The molecule has 2 N–H and O–H groups in total. The van der Waals surface area contributed by atoms with Gasteiger partial charge in [-0.25, -0.2) is 0 Å². The number of piperazine rings is 1. The molecule has 1 aromatic heterocycles. The standard InChI is InChI=1S/C26H26N4O/c1-4-10-21(11-5-1)25(22-12-6-2-7-13-22)30-18-16-29(17-19-30)20-24-27-28-26(31-24)23-14-8-3-9-15-23/h1-15,25H,16-20H2/p+2. The number of aromatic nitrogens is 2. The highest BCUT2D eigenvalue weighted by molar-refractivity contribution is 5.51. The van der Waals surface area contributed by atoms with Gasteiger partial charge < -0.3 is 14.2 Å². The molecule has 0 amide bonds. The first-order chi connectivity index (χ1) is 15.4. The summed E-state index contributed by atoms with van der Waals surface area (Å²) in [7, 11) is 0. The summed E-state index contributed by atoms with van der Waals surface area (Å²) < 4.78 is 5.94. The molecule has 0 radical (unpaired) electrons. The minimum absolute atomic E-state index is 0.372. The van der Waals surface area contributed by atoms with Crippen LogP contribution in [0.5, 0.6) is 0 Å². The van der Waals surface area contributed by atoms with Gasteiger partial charge in [0.05, 0.1) is 0 Å². The maximum atomic E-state index is 5.94. The number of rotatable bonds is 6. The van der Waals surface area contributed by atoms with Crippen LogP contribution in [-0.2, 0) is 6.54 Å². The van der Waals surface area contributed by atoms with Crippen LogP contribution in [0, 0.1) is 0 Å². The van der Waals surface area contributed by atoms with Crippen molar-refractivity contribution in [2.45, 2.75) is 12.6 Å². The molecule has 3 aromatic carbocycles. The van der Waals surface area contributed by atoms with Crippen molar-refractivity contribution >= 4 is 0 Å². The third-order valence-corrected chi connectivity index (χ3v) is 6.16. The lowest BCUT2D eigenvalue weighted by Crippen LogP contribution is -3.27. The molecule has 31 heavy (non-hydrogen) atoms. The second-order valence-corrected chi connectivity index (χ2v) is 8.21. The summed E-state index contributed by atoms with van der Waals surface area (Å²) in [6, 6.07) is 32.1. The lowest BCUT2D eigenvalue weighted by atomic mass is 9.96. The van der Waals surface area contributed by atoms with Crippen molar-refractivity contribution in [3.05, 3.63) is 108 Å². The van der Waals surface area contributed by atoms with Crippen LogP contribution in [0.15, 0.2) is 95.4 Å². The van der Waals surface area contributed by atoms with E-state index in [2.05, 4.69) is 70.9 Å². The van der Waals surface area contributed by atoms with E-state index in [4.69, 9.17) is 4.42 Å². The number of nitrogens with zero attached hydrogens (tertiary/aromatic N) is 2. The van der Waals surface area contributed by atoms with Crippen LogP contribution < -0.4 is 9.80 Å². The van der Waals surface area contributed by atoms with Gasteiger partial charge in [0.1, 0.15) is 32.2 Å². The minimum Gasteiger partial charge on any atom is -0.415 e. The zero-order valence-corrected chi connectivity index (χ0v) is 17.6. The van der Waals surface area contributed by atoms with Crippen LogP contribution in [0.1, 0.15) is 23.1 Å². The summed E-state index contributed by atoms with van der Waals surface area (Å²) >= 11 is 0. The number of benzene rings is 3. The van der Waals surface area contributed by atoms with Crippen LogP contribution >= 0.6 is 0 Å². The molecule has 5 rings (SSSR count). The van der Waals surface area contributed by atoms with E-state index in [1.807, 2.05) is 30.3 Å². The predicted molar refractivity (Wildman–Crippen MR) is 120 cm³/mol. The van der Waals surface area contributed by atoms with Crippen LogP contribution in [0.3, 0.4) is 0 Å². The fraction of sp³-hybridized carbons (Fsp3) is 0.231. The molecule has 0 aliphatic carbocycles. The molecular formula is C26H28N4O+2. The van der Waals surface area contributed by atoms with E-state index in [0.29, 0.717) is 11.9 Å². The highest BCUT2D eigenvalue weighted by Crippen LogP contribution is 2.19. The molecule has 0 unspecified atom stereocenters. The predicted octanol–water partition coefficient (Wildman–Crippen LogP) is 1.81. The highest BCUT2D eigenvalue weighted by Gasteiger charge is 2.32. The first-order valence-electron chi connectivity index (χ1n) is 11.0. The quantitative estimate of drug-likeness (QED) is 0.508. The van der Waals surface area contributed by atoms with E-state index >= 15 is 0 Å². The Hall–Kier alpha value is -3.28. The maximum Gasteiger partial charge on any atom is 0.271 e. The third-order valence-electron chi connectivity index (χ3n) is 6.16. The zero-order valence-electron chi connectivity index (χ0n) is 17.6. The molecule has 4 aromatic rings. The summed E-state index contributed by atoms with van der Waals surface area (Å²) in [4.78, 5) is 3.13. The van der Waals surface area contributed by atoms with Crippen molar-refractivity contribution in [3.8, 4) is 11.5 Å². The SMILES string of the molecule is c1ccc(-c2nnc(C[NH+]3CC[NH+](C(c4ccccc4)c4ccccc4)CC3)o2)cc1. The second kappa shape index (κ2) is 9.25. The average molecular weight is 413 g/mol. The average Bonchev–Trinajstić information content (AvgIpc) is 3.31. The molecule has 5 nitrogen and oxygen atoms in total. The Labute approximate surface area is 183 Å². The largest absolute Gasteiger partial charge is 0.415 e. The first kappa shape index (κ1) is 19.7. The minimum atomic E-state index is 0.372. The molecule has 0 atom stereocenters. The van der Waals surface area contributed by atoms with E-state index in [0.717, 1.165) is 44.2 Å². The molecule has 5 heteroatoms. The van der Waals surface area contributed by atoms with Gasteiger partial charge in [0.15, 0.2) is 6.54 Å². The Morgan fingerprint density at radius 1 is 0.677 bits per heavy atom. The molecule has 1 fully saturated rings. The molecular weight excluding hydrogens is 384 g/mol. The number of nitrogens with one attached hydrogen (secondary N) is 2. The normalized spacial score (nSPS) is 18.9. The monoisotopic (exact) mass is 412 g/mol. The van der Waals surface area contributed by atoms with Gasteiger partial charge in [-0.1, -0.05) is 78.9 Å². The lowest BCUT2D eigenvalue weighted by molar-refractivity contribution is -1.03. The molecule has 0 saturated carbocycles. The van der Waals surface area contributed by atoms with Gasteiger partial charge in [0.2, 0.25) is 5.89 Å². The Bertz CT molecular complexity index is 1030. The van der Waals surface area contributed by atoms with Gasteiger partial charge in [0.25, 0.3) is 5.89 Å². The molecule has 0 bridgehead atoms. The van der Waals surface area contributed by atoms with E-state index < -0.39 is 0 Å². The van der Waals surface area contributed by atoms with E-state index in [1.165, 1.54) is 16.0 Å². The van der Waals surface area contributed by atoms with Crippen LogP contribution in [0.2, 0.25) is 0 Å². The smallest absolute Gasteiger partial charge is 0.271 e. The fourth-order valence-electron chi connectivity index (χ4n) is 4.58. The Kier molecular flexibility index (Phi) is 5.87. The van der Waals surface area contributed by atoms with E-state index in [-0.39, 0.29) is 0 Å². The Balaban J connectivity index is 1.26. The Morgan fingerprint density at radius 2 is 1.23 bits per heavy atom. The topological polar surface area (TPSA) is 47.8 Å². The molecule has 156 valence electrons. The van der Waals surface area contributed by atoms with Gasteiger partial charge in [-0.2, -0.15) is 0 Å². The van der Waals surface area contributed by atoms with Crippen LogP contribution in [-0.4, -0.2) is 36.4 Å².